The van der Waals surface area contributed by atoms with Crippen molar-refractivity contribution in [2.24, 2.45) is 0 Å². The van der Waals surface area contributed by atoms with Crippen LogP contribution in [0.25, 0.3) is 0 Å². The Morgan fingerprint density at radius 1 is 1.07 bits per heavy atom. The first-order valence-electron chi connectivity index (χ1n) is 3.31. The van der Waals surface area contributed by atoms with E-state index in [1.54, 1.807) is 0 Å². The molecule has 0 amide bonds. The minimum Gasteiger partial charge on any atom is -0.661 e. The van der Waals surface area contributed by atoms with Crippen molar-refractivity contribution in [1.29, 1.82) is 0 Å². The van der Waals surface area contributed by atoms with E-state index in [4.69, 9.17) is 0 Å². The summed E-state index contributed by atoms with van der Waals surface area (Å²) in [5.74, 6) is -2.76. The van der Waals surface area contributed by atoms with Crippen LogP contribution in [-0.2, 0) is 4.89 Å². The molecule has 0 aliphatic heterocycles. The zero-order chi connectivity index (χ0) is 9.84. The van der Waals surface area contributed by atoms with Crippen LogP contribution in [0.3, 0.4) is 0 Å². The SMILES string of the molecule is O=C([O-])c1ccccc1C(=O)O[O-].[Na+].[Na+]. The topological polar surface area (TPSA) is 89.5 Å². The van der Waals surface area contributed by atoms with E-state index < -0.39 is 11.9 Å². The summed E-state index contributed by atoms with van der Waals surface area (Å²) >= 11 is 0. The molecule has 1 aromatic rings. The molecule has 0 N–H and O–H groups in total. The normalized spacial score (nSPS) is 8.07. The van der Waals surface area contributed by atoms with E-state index in [0.29, 0.717) is 0 Å². The standard InChI is InChI=1S/C8H6O5.2Na/c9-7(10)5-3-1-2-4-6(5)8(11)13-12;;/h1-4,12H,(H,9,10);;/q;2*+1/p-2. The van der Waals surface area contributed by atoms with Crippen LogP contribution in [-0.4, -0.2) is 11.9 Å². The third kappa shape index (κ3) is 4.65. The summed E-state index contributed by atoms with van der Waals surface area (Å²) in [7, 11) is 0. The maximum absolute atomic E-state index is 10.7. The maximum Gasteiger partial charge on any atom is 1.00 e. The van der Waals surface area contributed by atoms with Crippen LogP contribution >= 0.6 is 0 Å². The number of hydrogen-bond donors (Lipinski definition) is 0. The van der Waals surface area contributed by atoms with Crippen molar-refractivity contribution in [3.8, 4) is 0 Å². The molecule has 1 rings (SSSR count). The predicted octanol–water partition coefficient (Wildman–Crippen LogP) is -7.51. The summed E-state index contributed by atoms with van der Waals surface area (Å²) in [5, 5.41) is 20.2. The van der Waals surface area contributed by atoms with E-state index >= 15 is 0 Å². The van der Waals surface area contributed by atoms with Crippen molar-refractivity contribution in [2.75, 3.05) is 0 Å². The Bertz CT molecular complexity index is 353. The molecule has 1 aromatic carbocycles. The van der Waals surface area contributed by atoms with Gasteiger partial charge in [0.1, 0.15) is 0 Å². The molecule has 0 saturated heterocycles. The fourth-order valence-corrected chi connectivity index (χ4v) is 0.884. The maximum atomic E-state index is 10.7. The summed E-state index contributed by atoms with van der Waals surface area (Å²) in [4.78, 5) is 24.3. The van der Waals surface area contributed by atoms with Crippen LogP contribution in [0, 0.1) is 0 Å². The Balaban J connectivity index is 0. The van der Waals surface area contributed by atoms with Crippen LogP contribution < -0.4 is 69.5 Å². The zero-order valence-electron chi connectivity index (χ0n) is 8.35. The second-order valence-corrected chi connectivity index (χ2v) is 2.20. The van der Waals surface area contributed by atoms with Crippen LogP contribution in [0.15, 0.2) is 24.3 Å². The number of benzene rings is 1. The Hall–Kier alpha value is 0.120. The molecule has 0 aromatic heterocycles. The molecule has 0 atom stereocenters. The quantitative estimate of drug-likeness (QED) is 0.284. The monoisotopic (exact) mass is 226 g/mol. The number of carbonyl (C=O) groups excluding carboxylic acids is 2. The van der Waals surface area contributed by atoms with Gasteiger partial charge in [-0.25, -0.2) is 4.79 Å². The number of hydrogen-bond acceptors (Lipinski definition) is 5. The molecular weight excluding hydrogens is 222 g/mol. The Morgan fingerprint density at radius 3 is 1.93 bits per heavy atom. The van der Waals surface area contributed by atoms with Crippen molar-refractivity contribution in [3.63, 3.8) is 0 Å². The minimum absolute atomic E-state index is 0. The second-order valence-electron chi connectivity index (χ2n) is 2.20. The smallest absolute Gasteiger partial charge is 0.661 e. The molecule has 15 heavy (non-hydrogen) atoms. The van der Waals surface area contributed by atoms with Gasteiger partial charge in [-0.1, -0.05) is 18.2 Å². The van der Waals surface area contributed by atoms with Gasteiger partial charge in [0.2, 0.25) is 0 Å². The van der Waals surface area contributed by atoms with Crippen LogP contribution in [0.1, 0.15) is 20.7 Å². The van der Waals surface area contributed by atoms with Gasteiger partial charge in [-0.05, 0) is 6.07 Å². The average Bonchev–Trinajstić information content (AvgIpc) is 2.16. The molecule has 68 valence electrons. The first kappa shape index (κ1) is 17.5. The van der Waals surface area contributed by atoms with Crippen molar-refractivity contribution in [1.82, 2.24) is 0 Å². The van der Waals surface area contributed by atoms with E-state index in [2.05, 4.69) is 4.89 Å². The van der Waals surface area contributed by atoms with Gasteiger partial charge in [-0.15, -0.1) is 0 Å². The van der Waals surface area contributed by atoms with Gasteiger partial charge in [-0.3, -0.25) is 0 Å². The molecule has 0 heterocycles. The summed E-state index contributed by atoms with van der Waals surface area (Å²) in [6, 6.07) is 5.15. The number of rotatable bonds is 2. The fourth-order valence-electron chi connectivity index (χ4n) is 0.884. The molecule has 0 radical (unpaired) electrons. The van der Waals surface area contributed by atoms with E-state index in [1.807, 2.05) is 0 Å². The molecule has 0 saturated carbocycles. The first-order valence-corrected chi connectivity index (χ1v) is 3.31. The second kappa shape index (κ2) is 8.29. The van der Waals surface area contributed by atoms with Gasteiger partial charge in [0, 0.05) is 5.56 Å². The molecule has 0 fully saturated rings. The molecular formula is C8H4Na2O5. The van der Waals surface area contributed by atoms with Gasteiger partial charge in [0.05, 0.1) is 11.5 Å². The third-order valence-corrected chi connectivity index (χ3v) is 1.44. The zero-order valence-corrected chi connectivity index (χ0v) is 12.4. The van der Waals surface area contributed by atoms with Gasteiger partial charge >= 0.3 is 65.1 Å². The Labute approximate surface area is 130 Å². The molecule has 0 aliphatic rings. The van der Waals surface area contributed by atoms with Crippen molar-refractivity contribution >= 4 is 11.9 Å². The number of carbonyl (C=O) groups is 2. The predicted molar refractivity (Wildman–Crippen MR) is 36.2 cm³/mol. The van der Waals surface area contributed by atoms with E-state index in [9.17, 15) is 20.0 Å². The molecule has 0 bridgehead atoms. The first-order chi connectivity index (χ1) is 6.16. The summed E-state index contributed by atoms with van der Waals surface area (Å²) in [5.41, 5.74) is -0.666. The van der Waals surface area contributed by atoms with E-state index in [1.165, 1.54) is 18.2 Å². The third-order valence-electron chi connectivity index (χ3n) is 1.44. The van der Waals surface area contributed by atoms with Gasteiger partial charge < -0.3 is 20.0 Å². The number of aromatic carboxylic acids is 1. The van der Waals surface area contributed by atoms with E-state index in [0.717, 1.165) is 6.07 Å². The fraction of sp³-hybridized carbons (Fsp3) is 0. The summed E-state index contributed by atoms with van der Waals surface area (Å²) < 4.78 is 0. The van der Waals surface area contributed by atoms with Crippen molar-refractivity contribution in [3.05, 3.63) is 35.4 Å². The molecule has 0 spiro atoms. The minimum atomic E-state index is -1.53. The Morgan fingerprint density at radius 2 is 1.53 bits per heavy atom. The number of carboxylic acid groups (broad SMARTS) is 1. The van der Waals surface area contributed by atoms with Gasteiger partial charge in [0.25, 0.3) is 0 Å². The van der Waals surface area contributed by atoms with Gasteiger partial charge in [0.15, 0.2) is 0 Å². The molecule has 7 heteroatoms. The molecule has 0 unspecified atom stereocenters. The van der Waals surface area contributed by atoms with Crippen LogP contribution in [0.4, 0.5) is 0 Å². The van der Waals surface area contributed by atoms with Crippen molar-refractivity contribution < 1.29 is 84.0 Å². The average molecular weight is 226 g/mol. The largest absolute Gasteiger partial charge is 1.00 e. The Kier molecular flexibility index (Phi) is 9.68. The van der Waals surface area contributed by atoms with Crippen LogP contribution in [0.5, 0.6) is 0 Å². The summed E-state index contributed by atoms with van der Waals surface area (Å²) in [6.45, 7) is 0. The number of carboxylic acids is 1. The summed E-state index contributed by atoms with van der Waals surface area (Å²) in [6.07, 6.45) is 0. The van der Waals surface area contributed by atoms with Crippen LogP contribution in [0.2, 0.25) is 0 Å². The molecule has 5 nitrogen and oxygen atoms in total. The van der Waals surface area contributed by atoms with E-state index in [-0.39, 0.29) is 70.2 Å². The molecule has 0 aliphatic carbocycles. The van der Waals surface area contributed by atoms with Gasteiger partial charge in [-0.2, -0.15) is 0 Å². The van der Waals surface area contributed by atoms with Crippen molar-refractivity contribution in [2.45, 2.75) is 0 Å².